The molecule has 0 N–H and O–H groups in total. The van der Waals surface area contributed by atoms with E-state index < -0.39 is 0 Å². The molecule has 2 unspecified atom stereocenters. The number of likely N-dealkylation sites (tertiary alicyclic amines) is 1. The molecule has 1 aromatic carbocycles. The minimum Gasteiger partial charge on any atom is -0.381 e. The number of urea groups is 1. The molecule has 7 nitrogen and oxygen atoms in total. The van der Waals surface area contributed by atoms with Gasteiger partial charge < -0.3 is 19.4 Å². The number of amides is 3. The van der Waals surface area contributed by atoms with Crippen LogP contribution in [0.4, 0.5) is 4.79 Å². The second-order valence-corrected chi connectivity index (χ2v) is 15.7. The predicted octanol–water partition coefficient (Wildman–Crippen LogP) is 5.60. The number of carbonyl (C=O) groups excluding carboxylic acids is 2. The van der Waals surface area contributed by atoms with Gasteiger partial charge >= 0.3 is 6.03 Å². The highest BCUT2D eigenvalue weighted by molar-refractivity contribution is 5.79. The Kier molecular flexibility index (Phi) is 8.38. The highest BCUT2D eigenvalue weighted by Crippen LogP contribution is 2.49. The molecule has 3 amide bonds. The number of ether oxygens (including phenoxy) is 1. The molecule has 0 saturated carbocycles. The van der Waals surface area contributed by atoms with Gasteiger partial charge in [-0.1, -0.05) is 51.1 Å². The van der Waals surface area contributed by atoms with Crippen molar-refractivity contribution in [3.05, 3.63) is 35.9 Å². The number of benzene rings is 1. The van der Waals surface area contributed by atoms with E-state index in [0.29, 0.717) is 42.2 Å². The van der Waals surface area contributed by atoms with Gasteiger partial charge in [-0.25, -0.2) is 4.79 Å². The first-order chi connectivity index (χ1) is 20.0. The Hall–Kier alpha value is -2.12. The minimum absolute atomic E-state index is 0.00262. The fraction of sp³-hybridized carbons (Fsp3) is 0.771. The van der Waals surface area contributed by atoms with Crippen LogP contribution < -0.4 is 0 Å². The Labute approximate surface area is 253 Å². The van der Waals surface area contributed by atoms with Crippen molar-refractivity contribution in [2.24, 2.45) is 17.3 Å². The smallest absolute Gasteiger partial charge is 0.320 e. The first kappa shape index (κ1) is 29.9. The summed E-state index contributed by atoms with van der Waals surface area (Å²) >= 11 is 0. The maximum absolute atomic E-state index is 13.9. The van der Waals surface area contributed by atoms with E-state index in [-0.39, 0.29) is 23.0 Å². The molecular formula is C35H54N4O3. The molecule has 5 aliphatic heterocycles. The average Bonchev–Trinajstić information content (AvgIpc) is 3.55. The van der Waals surface area contributed by atoms with Gasteiger partial charge in [-0.2, -0.15) is 0 Å². The molecule has 1 aromatic rings. The zero-order chi connectivity index (χ0) is 29.6. The quantitative estimate of drug-likeness (QED) is 0.423. The summed E-state index contributed by atoms with van der Waals surface area (Å²) in [5, 5.41) is 0. The molecule has 0 radical (unpaired) electrons. The van der Waals surface area contributed by atoms with Gasteiger partial charge in [-0.3, -0.25) is 9.69 Å². The van der Waals surface area contributed by atoms with Crippen LogP contribution in [0, 0.1) is 17.3 Å². The maximum Gasteiger partial charge on any atom is 0.320 e. The molecule has 4 atom stereocenters. The van der Waals surface area contributed by atoms with Crippen molar-refractivity contribution in [1.82, 2.24) is 19.6 Å². The second kappa shape index (κ2) is 11.8. The van der Waals surface area contributed by atoms with Gasteiger partial charge in [0.2, 0.25) is 5.91 Å². The van der Waals surface area contributed by atoms with E-state index in [1.165, 1.54) is 18.4 Å². The topological polar surface area (TPSA) is 56.3 Å². The zero-order valence-electron chi connectivity index (χ0n) is 26.8. The number of carbonyl (C=O) groups is 2. The Morgan fingerprint density at radius 2 is 1.64 bits per heavy atom. The number of hydrogen-bond acceptors (Lipinski definition) is 4. The number of hydrogen-bond donors (Lipinski definition) is 0. The zero-order valence-corrected chi connectivity index (χ0v) is 26.8. The molecule has 1 spiro atoms. The number of piperidine rings is 1. The van der Waals surface area contributed by atoms with Crippen molar-refractivity contribution in [3.63, 3.8) is 0 Å². The van der Waals surface area contributed by atoms with E-state index >= 15 is 0 Å². The van der Waals surface area contributed by atoms with E-state index in [0.717, 1.165) is 71.6 Å². The van der Waals surface area contributed by atoms with Crippen LogP contribution in [0.5, 0.6) is 0 Å². The number of fused-ring (bicyclic) bond motifs is 2. The summed E-state index contributed by atoms with van der Waals surface area (Å²) in [6.45, 7) is 17.0. The third kappa shape index (κ3) is 5.97. The number of rotatable bonds is 7. The van der Waals surface area contributed by atoms with E-state index in [1.54, 1.807) is 0 Å². The molecule has 5 heterocycles. The lowest BCUT2D eigenvalue weighted by molar-refractivity contribution is -0.132. The van der Waals surface area contributed by atoms with Crippen molar-refractivity contribution >= 4 is 11.9 Å². The van der Waals surface area contributed by atoms with Crippen LogP contribution in [0.25, 0.3) is 0 Å². The lowest BCUT2D eigenvalue weighted by Crippen LogP contribution is -2.60. The van der Waals surface area contributed by atoms with Crippen molar-refractivity contribution < 1.29 is 14.3 Å². The second-order valence-electron chi connectivity index (χ2n) is 15.7. The van der Waals surface area contributed by atoms with Gasteiger partial charge in [-0.05, 0) is 75.2 Å². The third-order valence-corrected chi connectivity index (χ3v) is 11.0. The van der Waals surface area contributed by atoms with E-state index in [2.05, 4.69) is 84.6 Å². The van der Waals surface area contributed by atoms with Gasteiger partial charge in [0.25, 0.3) is 0 Å². The lowest BCUT2D eigenvalue weighted by Gasteiger charge is -2.50. The first-order valence-electron chi connectivity index (χ1n) is 16.8. The van der Waals surface area contributed by atoms with Crippen LogP contribution in [0.2, 0.25) is 0 Å². The third-order valence-electron chi connectivity index (χ3n) is 11.0. The van der Waals surface area contributed by atoms with Crippen LogP contribution in [0.3, 0.4) is 0 Å². The van der Waals surface area contributed by atoms with Crippen LogP contribution in [-0.2, 0) is 9.53 Å². The SMILES string of the molecule is CC(C)N1C(=O)N(CC2CCOCC2)CC12CC1CCC(C2)N1C[C@H]1CN(C(=O)CC(C)(C)C)C[C@@H]1c1ccccc1. The standard InChI is InChI=1S/C35H54N4O3/c1-25(2)39-33(41)37(20-26-13-15-42-16-14-26)24-35(39)17-29-11-12-30(18-35)38(29)22-28-21-36(32(40)19-34(3,4)5)23-31(28)27-9-7-6-8-10-27/h6-10,25-26,28-31H,11-24H2,1-5H3/t28-,29?,30?,31-,35?/m1/s1. The van der Waals surface area contributed by atoms with E-state index in [9.17, 15) is 9.59 Å². The van der Waals surface area contributed by atoms with Crippen molar-refractivity contribution in [3.8, 4) is 0 Å². The Bertz CT molecular complexity index is 1100. The summed E-state index contributed by atoms with van der Waals surface area (Å²) in [5.41, 5.74) is 1.31. The normalized spacial score (nSPS) is 32.6. The molecular weight excluding hydrogens is 524 g/mol. The molecule has 6 rings (SSSR count). The molecule has 5 aliphatic rings. The molecule has 5 fully saturated rings. The summed E-state index contributed by atoms with van der Waals surface area (Å²) in [4.78, 5) is 36.7. The van der Waals surface area contributed by atoms with Gasteiger partial charge in [0, 0.05) is 76.4 Å². The van der Waals surface area contributed by atoms with Crippen LogP contribution in [-0.4, -0.2) is 101 Å². The monoisotopic (exact) mass is 578 g/mol. The van der Waals surface area contributed by atoms with E-state index in [1.807, 2.05) is 0 Å². The van der Waals surface area contributed by atoms with Crippen LogP contribution in [0.15, 0.2) is 30.3 Å². The van der Waals surface area contributed by atoms with Crippen LogP contribution in [0.1, 0.15) is 91.0 Å². The highest BCUT2D eigenvalue weighted by atomic mass is 16.5. The van der Waals surface area contributed by atoms with Gasteiger partial charge in [0.1, 0.15) is 0 Å². The van der Waals surface area contributed by atoms with Crippen molar-refractivity contribution in [2.75, 3.05) is 45.9 Å². The molecule has 2 bridgehead atoms. The average molecular weight is 579 g/mol. The lowest BCUT2D eigenvalue weighted by atomic mass is 9.80. The molecule has 7 heteroatoms. The van der Waals surface area contributed by atoms with Crippen molar-refractivity contribution in [2.45, 2.75) is 109 Å². The Balaban J connectivity index is 1.18. The summed E-state index contributed by atoms with van der Waals surface area (Å²) < 4.78 is 5.60. The summed E-state index contributed by atoms with van der Waals surface area (Å²) in [7, 11) is 0. The maximum atomic E-state index is 13.9. The molecule has 232 valence electrons. The Morgan fingerprint density at radius 1 is 0.976 bits per heavy atom. The minimum atomic E-state index is -0.0536. The summed E-state index contributed by atoms with van der Waals surface area (Å²) in [6.07, 6.45) is 7.33. The number of nitrogens with zero attached hydrogens (tertiary/aromatic N) is 4. The van der Waals surface area contributed by atoms with Gasteiger partial charge in [0.05, 0.1) is 5.54 Å². The first-order valence-corrected chi connectivity index (χ1v) is 16.8. The Morgan fingerprint density at radius 3 is 2.26 bits per heavy atom. The largest absolute Gasteiger partial charge is 0.381 e. The fourth-order valence-electron chi connectivity index (χ4n) is 9.22. The molecule has 5 saturated heterocycles. The van der Waals surface area contributed by atoms with Gasteiger partial charge in [0.15, 0.2) is 0 Å². The van der Waals surface area contributed by atoms with Gasteiger partial charge in [-0.15, -0.1) is 0 Å². The summed E-state index contributed by atoms with van der Waals surface area (Å²) in [5.74, 6) is 1.67. The summed E-state index contributed by atoms with van der Waals surface area (Å²) in [6, 6.07) is 12.4. The fourth-order valence-corrected chi connectivity index (χ4v) is 9.22. The predicted molar refractivity (Wildman–Crippen MR) is 166 cm³/mol. The molecule has 0 aromatic heterocycles. The molecule has 42 heavy (non-hydrogen) atoms. The highest BCUT2D eigenvalue weighted by Gasteiger charge is 2.58. The van der Waals surface area contributed by atoms with E-state index in [4.69, 9.17) is 4.74 Å². The van der Waals surface area contributed by atoms with Crippen molar-refractivity contribution in [1.29, 1.82) is 0 Å². The van der Waals surface area contributed by atoms with Crippen LogP contribution >= 0.6 is 0 Å². The molecule has 0 aliphatic carbocycles.